The lowest BCUT2D eigenvalue weighted by atomic mass is 9.47. The number of nitrogens with one attached hydrogen (secondary N) is 1. The van der Waals surface area contributed by atoms with Gasteiger partial charge >= 0.3 is 5.97 Å². The lowest BCUT2D eigenvalue weighted by Gasteiger charge is -2.63. The normalized spacial score (nSPS) is 39.8. The van der Waals surface area contributed by atoms with Gasteiger partial charge in [0.25, 0.3) is 5.91 Å². The minimum atomic E-state index is -2.28. The molecule has 3 aromatic rings. The number of hydrogen-bond acceptors (Lipinski definition) is 9. The Kier molecular flexibility index (Phi) is 8.44. The molecule has 1 aromatic heterocycles. The molecule has 3 fully saturated rings. The number of carbonyl (C=O) groups is 2. The molecule has 11 nitrogen and oxygen atoms in total. The number of aromatic amines is 1. The van der Waals surface area contributed by atoms with Gasteiger partial charge in [-0.15, -0.1) is 0 Å². The number of likely N-dealkylation sites (N-methyl/N-ethyl adjacent to an activating group) is 1. The lowest BCUT2D eigenvalue weighted by Crippen LogP contribution is -2.81. The van der Waals surface area contributed by atoms with E-state index in [9.17, 15) is 15.0 Å². The highest BCUT2D eigenvalue weighted by Gasteiger charge is 2.78. The number of ether oxygens (including phenoxy) is 2. The van der Waals surface area contributed by atoms with Crippen LogP contribution in [0.5, 0.6) is 5.75 Å². The Morgan fingerprint density at radius 1 is 1.04 bits per heavy atom. The molecule has 11 atom stereocenters. The van der Waals surface area contributed by atoms with Crippen LogP contribution in [0.25, 0.3) is 10.9 Å². The number of aliphatic hydroxyl groups excluding tert-OH is 1. The second kappa shape index (κ2) is 12.5. The van der Waals surface area contributed by atoms with Crippen molar-refractivity contribution in [2.45, 2.75) is 107 Å². The first kappa shape index (κ1) is 37.7. The summed E-state index contributed by atoms with van der Waals surface area (Å²) in [6.45, 7) is 12.2. The highest BCUT2D eigenvalue weighted by molar-refractivity contribution is 5.95. The number of nitrogens with zero attached hydrogens (tertiary/aromatic N) is 3. The maximum Gasteiger partial charge on any atom is 0.322 e. The third kappa shape index (κ3) is 4.43. The average Bonchev–Trinajstić information content (AvgIpc) is 3.86. The summed E-state index contributed by atoms with van der Waals surface area (Å²) in [4.78, 5) is 39.9. The van der Waals surface area contributed by atoms with Gasteiger partial charge in [-0.05, 0) is 86.6 Å². The molecule has 5 aliphatic heterocycles. The number of esters is 1. The summed E-state index contributed by atoms with van der Waals surface area (Å²) in [7, 11) is 5.01. The van der Waals surface area contributed by atoms with E-state index < -0.39 is 39.9 Å². The van der Waals surface area contributed by atoms with Crippen molar-refractivity contribution in [1.82, 2.24) is 14.8 Å². The van der Waals surface area contributed by atoms with Gasteiger partial charge < -0.3 is 35.3 Å². The number of primary amides is 1. The molecule has 5 N–H and O–H groups in total. The Bertz CT molecular complexity index is 2150. The van der Waals surface area contributed by atoms with E-state index in [-0.39, 0.29) is 23.3 Å². The second-order valence-electron chi connectivity index (χ2n) is 18.4. The van der Waals surface area contributed by atoms with Crippen molar-refractivity contribution in [1.29, 1.82) is 0 Å². The predicted molar refractivity (Wildman–Crippen MR) is 216 cm³/mol. The molecule has 11 heteroatoms. The maximum atomic E-state index is 15.3. The fourth-order valence-electron chi connectivity index (χ4n) is 13.6. The van der Waals surface area contributed by atoms with Crippen molar-refractivity contribution >= 4 is 28.5 Å². The fourth-order valence-corrected chi connectivity index (χ4v) is 13.6. The second-order valence-corrected chi connectivity index (χ2v) is 18.4. The van der Waals surface area contributed by atoms with Gasteiger partial charge in [0.2, 0.25) is 0 Å². The molecule has 1 aliphatic carbocycles. The number of hydrogen-bond donors (Lipinski definition) is 4. The summed E-state index contributed by atoms with van der Waals surface area (Å²) < 4.78 is 12.4. The number of nitrogens with two attached hydrogens (primary N) is 1. The topological polar surface area (TPSA) is 145 Å². The number of carbonyl (C=O) groups excluding carboxylic acids is 2. The summed E-state index contributed by atoms with van der Waals surface area (Å²) >= 11 is 0. The molecule has 2 aromatic carbocycles. The minimum Gasteiger partial charge on any atom is -0.496 e. The van der Waals surface area contributed by atoms with Crippen molar-refractivity contribution in [2.75, 3.05) is 52.3 Å². The summed E-state index contributed by atoms with van der Waals surface area (Å²) in [5.74, 6) is -0.604. The highest BCUT2D eigenvalue weighted by Crippen LogP contribution is 2.67. The number of anilines is 1. The summed E-state index contributed by atoms with van der Waals surface area (Å²) in [5, 5.41) is 26.2. The van der Waals surface area contributed by atoms with Crippen LogP contribution < -0.4 is 15.4 Å². The molecular weight excluding hydrogens is 707 g/mol. The van der Waals surface area contributed by atoms with E-state index in [1.54, 1.807) is 7.11 Å². The number of methoxy groups -OCH3 is 2. The summed E-state index contributed by atoms with van der Waals surface area (Å²) in [6.07, 6.45) is 7.02. The molecular formula is C45H59N5O6. The maximum absolute atomic E-state index is 15.3. The predicted octanol–water partition coefficient (Wildman–Crippen LogP) is 4.40. The fraction of sp³-hybridized carbons (Fsp3) is 0.600. The number of benzene rings is 2. The molecule has 1 amide bonds. The number of para-hydroxylation sites is 1. The van der Waals surface area contributed by atoms with Crippen molar-refractivity contribution < 1.29 is 29.3 Å². The average molecular weight is 766 g/mol. The third-order valence-corrected chi connectivity index (χ3v) is 16.5. The van der Waals surface area contributed by atoms with Gasteiger partial charge in [0, 0.05) is 83.5 Å². The summed E-state index contributed by atoms with van der Waals surface area (Å²) in [5.41, 5.74) is 6.27. The Balaban J connectivity index is 1.36. The van der Waals surface area contributed by atoms with Gasteiger partial charge in [0.15, 0.2) is 5.60 Å². The summed E-state index contributed by atoms with van der Waals surface area (Å²) in [6, 6.07) is 11.7. The molecule has 6 aliphatic rings. The monoisotopic (exact) mass is 765 g/mol. The van der Waals surface area contributed by atoms with Crippen molar-refractivity contribution in [2.24, 2.45) is 22.5 Å². The lowest BCUT2D eigenvalue weighted by molar-refractivity contribution is -0.201. The van der Waals surface area contributed by atoms with Crippen LogP contribution in [0.15, 0.2) is 48.6 Å². The number of aliphatic hydroxyl groups is 2. The van der Waals surface area contributed by atoms with E-state index in [2.05, 4.69) is 65.9 Å². The number of fused-ring (bicyclic) bond motifs is 6. The van der Waals surface area contributed by atoms with Crippen LogP contribution >= 0.6 is 0 Å². The molecule has 6 heterocycles. The molecule has 9 rings (SSSR count). The number of aromatic nitrogens is 1. The van der Waals surface area contributed by atoms with Gasteiger partial charge in [-0.3, -0.25) is 19.4 Å². The Morgan fingerprint density at radius 3 is 2.50 bits per heavy atom. The Morgan fingerprint density at radius 2 is 1.80 bits per heavy atom. The van der Waals surface area contributed by atoms with Gasteiger partial charge in [0.1, 0.15) is 17.3 Å². The zero-order valence-electron chi connectivity index (χ0n) is 34.0. The van der Waals surface area contributed by atoms with Gasteiger partial charge in [0.05, 0.1) is 20.3 Å². The van der Waals surface area contributed by atoms with E-state index in [1.807, 2.05) is 37.1 Å². The van der Waals surface area contributed by atoms with E-state index >= 15 is 4.79 Å². The van der Waals surface area contributed by atoms with Crippen molar-refractivity contribution in [3.63, 3.8) is 0 Å². The van der Waals surface area contributed by atoms with Gasteiger partial charge in [-0.2, -0.15) is 0 Å². The van der Waals surface area contributed by atoms with Gasteiger partial charge in [-0.25, -0.2) is 0 Å². The molecule has 2 bridgehead atoms. The molecule has 1 saturated carbocycles. The first-order valence-corrected chi connectivity index (χ1v) is 20.7. The highest BCUT2D eigenvalue weighted by atomic mass is 16.5. The first-order chi connectivity index (χ1) is 26.7. The zero-order chi connectivity index (χ0) is 39.7. The van der Waals surface area contributed by atoms with Crippen LogP contribution in [0, 0.1) is 16.7 Å². The van der Waals surface area contributed by atoms with E-state index in [0.29, 0.717) is 49.7 Å². The number of piperidine rings is 1. The standard InChI is InChI=1S/C45H59N5O6/c1-8-41(4)23-27-24-44(40(53)56-7,35-29(15-19-50(25-27)26(41)3)28-13-10-11-14-32(28)47-35)31-21-30-33(22-34(31)55-6)48(5)37-43(30)17-20-49-18-12-16-42(9-2,36(43)49)38(51)45(37,54)39(46)52/h10-14,16,21-22,26-27,36-38,47,51,54H,8-9,15,17-20,23-25H2,1-7H3,(H2,46,52)/t26?,27-,36-,37+,38+,41+,42+,43+,44-,45-/m0/s1. The quantitative estimate of drug-likeness (QED) is 0.212. The van der Waals surface area contributed by atoms with Crippen LogP contribution in [0.2, 0.25) is 0 Å². The number of H-pyrrole nitrogens is 1. The van der Waals surface area contributed by atoms with E-state index in [0.717, 1.165) is 65.8 Å². The molecule has 2 saturated heterocycles. The van der Waals surface area contributed by atoms with E-state index in [1.165, 1.54) is 7.11 Å². The van der Waals surface area contributed by atoms with Gasteiger partial charge in [-0.1, -0.05) is 51.1 Å². The van der Waals surface area contributed by atoms with Crippen LogP contribution in [0.1, 0.15) is 82.2 Å². The SMILES string of the molecule is CC[C@]1(C)C[C@@H]2CN(CCc3c([nH]c4ccccc34)[C@@](C(=O)OC)(c3cc4c(cc3OC)N(C)[C@H]3[C@@](O)(C(N)=O)[C@H](O)[C@]5(CC)C=CCN6CC[C@]43[C@@H]65)C2)C1C. The molecule has 1 spiro atoms. The van der Waals surface area contributed by atoms with Crippen molar-refractivity contribution in [3.05, 3.63) is 70.9 Å². The van der Waals surface area contributed by atoms with Crippen LogP contribution in [-0.4, -0.2) is 114 Å². The van der Waals surface area contributed by atoms with Crippen LogP contribution in [0.3, 0.4) is 0 Å². The van der Waals surface area contributed by atoms with Crippen molar-refractivity contribution in [3.8, 4) is 5.75 Å². The Labute approximate surface area is 330 Å². The number of amides is 1. The largest absolute Gasteiger partial charge is 0.496 e. The zero-order valence-corrected chi connectivity index (χ0v) is 34.0. The molecule has 2 unspecified atom stereocenters. The third-order valence-electron chi connectivity index (χ3n) is 16.5. The van der Waals surface area contributed by atoms with E-state index in [4.69, 9.17) is 15.2 Å². The smallest absolute Gasteiger partial charge is 0.322 e. The molecule has 56 heavy (non-hydrogen) atoms. The Hall–Kier alpha value is -3.90. The first-order valence-electron chi connectivity index (χ1n) is 20.7. The molecule has 300 valence electrons. The van der Waals surface area contributed by atoms with Crippen LogP contribution in [0.4, 0.5) is 5.69 Å². The van der Waals surface area contributed by atoms with Crippen LogP contribution in [-0.2, 0) is 31.6 Å². The molecule has 0 radical (unpaired) electrons. The number of rotatable bonds is 6. The minimum absolute atomic E-state index is 0.0508.